The summed E-state index contributed by atoms with van der Waals surface area (Å²) in [6.45, 7) is -0.338. The molecule has 0 atom stereocenters. The third-order valence-electron chi connectivity index (χ3n) is 1.07. The third kappa shape index (κ3) is 1.79. The number of sulfonamides is 1. The average molecular weight is 177 g/mol. The number of aliphatic hydroxyl groups excluding tert-OH is 1. The zero-order valence-electron chi connectivity index (χ0n) is 5.52. The molecular weight excluding hydrogens is 170 g/mol. The predicted octanol–water partition coefficient (Wildman–Crippen LogP) is -0.581. The molecule has 11 heavy (non-hydrogen) atoms. The second-order valence-corrected chi connectivity index (χ2v) is 3.42. The summed E-state index contributed by atoms with van der Waals surface area (Å²) in [6, 6.07) is 2.54. The van der Waals surface area contributed by atoms with Crippen LogP contribution < -0.4 is 5.14 Å². The van der Waals surface area contributed by atoms with E-state index >= 15 is 0 Å². The second-order valence-electron chi connectivity index (χ2n) is 1.92. The number of aliphatic hydroxyl groups is 1. The zero-order chi connectivity index (χ0) is 8.48. The Morgan fingerprint density at radius 1 is 1.55 bits per heavy atom. The van der Waals surface area contributed by atoms with Crippen LogP contribution in [0.15, 0.2) is 21.6 Å². The van der Waals surface area contributed by atoms with Crippen LogP contribution in [0.3, 0.4) is 0 Å². The van der Waals surface area contributed by atoms with Crippen LogP contribution in [0.1, 0.15) is 5.76 Å². The van der Waals surface area contributed by atoms with Crippen molar-refractivity contribution in [3.63, 3.8) is 0 Å². The third-order valence-corrected chi connectivity index (χ3v) is 1.85. The van der Waals surface area contributed by atoms with Crippen LogP contribution in [-0.2, 0) is 16.6 Å². The first kappa shape index (κ1) is 8.25. The van der Waals surface area contributed by atoms with E-state index in [1.807, 2.05) is 0 Å². The molecule has 0 radical (unpaired) electrons. The van der Waals surface area contributed by atoms with E-state index in [9.17, 15) is 8.42 Å². The molecule has 0 aliphatic heterocycles. The van der Waals surface area contributed by atoms with Crippen molar-refractivity contribution in [2.45, 2.75) is 11.7 Å². The second kappa shape index (κ2) is 2.65. The summed E-state index contributed by atoms with van der Waals surface area (Å²) >= 11 is 0. The molecule has 0 spiro atoms. The summed E-state index contributed by atoms with van der Waals surface area (Å²) in [4.78, 5) is 0. The molecule has 0 amide bonds. The molecule has 0 aliphatic carbocycles. The van der Waals surface area contributed by atoms with Gasteiger partial charge in [-0.15, -0.1) is 0 Å². The Hall–Kier alpha value is -0.850. The molecule has 1 aromatic rings. The van der Waals surface area contributed by atoms with Gasteiger partial charge in [0.2, 0.25) is 5.09 Å². The Bertz CT molecular complexity index is 339. The van der Waals surface area contributed by atoms with Crippen LogP contribution >= 0.6 is 0 Å². The van der Waals surface area contributed by atoms with E-state index in [0.29, 0.717) is 0 Å². The summed E-state index contributed by atoms with van der Waals surface area (Å²) in [6.07, 6.45) is 0. The first-order chi connectivity index (χ1) is 5.04. The van der Waals surface area contributed by atoms with Gasteiger partial charge in [0.05, 0.1) is 0 Å². The van der Waals surface area contributed by atoms with Crippen LogP contribution in [0.2, 0.25) is 0 Å². The van der Waals surface area contributed by atoms with E-state index in [1.165, 1.54) is 12.1 Å². The van der Waals surface area contributed by atoms with Crippen LogP contribution in [0.25, 0.3) is 0 Å². The highest BCUT2D eigenvalue weighted by atomic mass is 32.2. The number of hydrogen-bond acceptors (Lipinski definition) is 4. The van der Waals surface area contributed by atoms with Gasteiger partial charge < -0.3 is 9.52 Å². The van der Waals surface area contributed by atoms with Gasteiger partial charge in [-0.3, -0.25) is 0 Å². The molecule has 6 heteroatoms. The number of primary sulfonamides is 1. The summed E-state index contributed by atoms with van der Waals surface area (Å²) in [5.41, 5.74) is 0. The highest BCUT2D eigenvalue weighted by Crippen LogP contribution is 2.11. The normalized spacial score (nSPS) is 11.8. The quantitative estimate of drug-likeness (QED) is 0.631. The van der Waals surface area contributed by atoms with Crippen molar-refractivity contribution in [1.29, 1.82) is 0 Å². The molecule has 0 bridgehead atoms. The van der Waals surface area contributed by atoms with E-state index in [0.717, 1.165) is 0 Å². The zero-order valence-corrected chi connectivity index (χ0v) is 6.34. The largest absolute Gasteiger partial charge is 0.446 e. The van der Waals surface area contributed by atoms with Gasteiger partial charge in [-0.1, -0.05) is 0 Å². The van der Waals surface area contributed by atoms with E-state index in [1.54, 1.807) is 0 Å². The molecule has 0 fully saturated rings. The van der Waals surface area contributed by atoms with Crippen LogP contribution in [-0.4, -0.2) is 13.5 Å². The Balaban J connectivity index is 3.09. The molecule has 1 rings (SSSR count). The lowest BCUT2D eigenvalue weighted by Crippen LogP contribution is -2.10. The van der Waals surface area contributed by atoms with Gasteiger partial charge in [-0.2, -0.15) is 0 Å². The maximum absolute atomic E-state index is 10.6. The van der Waals surface area contributed by atoms with Crippen molar-refractivity contribution >= 4 is 10.0 Å². The fraction of sp³-hybridized carbons (Fsp3) is 0.200. The minimum absolute atomic E-state index is 0.175. The first-order valence-electron chi connectivity index (χ1n) is 2.76. The number of furan rings is 1. The highest BCUT2D eigenvalue weighted by molar-refractivity contribution is 7.89. The maximum atomic E-state index is 10.6. The monoisotopic (exact) mass is 177 g/mol. The SMILES string of the molecule is NS(=O)(=O)c1ccc(CO)o1. The van der Waals surface area contributed by atoms with Gasteiger partial charge in [-0.25, -0.2) is 13.6 Å². The van der Waals surface area contributed by atoms with Gasteiger partial charge >= 0.3 is 0 Å². The number of nitrogens with two attached hydrogens (primary N) is 1. The minimum atomic E-state index is -3.77. The molecule has 1 aromatic heterocycles. The number of rotatable bonds is 2. The van der Waals surface area contributed by atoms with E-state index in [-0.39, 0.29) is 17.5 Å². The summed E-state index contributed by atoms with van der Waals surface area (Å²) in [5, 5.41) is 12.9. The molecule has 3 N–H and O–H groups in total. The van der Waals surface area contributed by atoms with Crippen molar-refractivity contribution < 1.29 is 17.9 Å². The molecule has 0 aromatic carbocycles. The molecule has 5 nitrogen and oxygen atoms in total. The van der Waals surface area contributed by atoms with Crippen molar-refractivity contribution in [2.75, 3.05) is 0 Å². The highest BCUT2D eigenvalue weighted by Gasteiger charge is 2.12. The Morgan fingerprint density at radius 2 is 2.18 bits per heavy atom. The fourth-order valence-electron chi connectivity index (χ4n) is 0.596. The first-order valence-corrected chi connectivity index (χ1v) is 4.31. The van der Waals surface area contributed by atoms with Gasteiger partial charge in [0.1, 0.15) is 12.4 Å². The van der Waals surface area contributed by atoms with Crippen LogP contribution in [0.4, 0.5) is 0 Å². The lowest BCUT2D eigenvalue weighted by Gasteiger charge is -1.89. The number of hydrogen-bond donors (Lipinski definition) is 2. The molecule has 0 saturated carbocycles. The molecule has 0 saturated heterocycles. The van der Waals surface area contributed by atoms with Crippen molar-refractivity contribution in [2.24, 2.45) is 5.14 Å². The Labute approximate surface area is 63.5 Å². The predicted molar refractivity (Wildman–Crippen MR) is 36.0 cm³/mol. The summed E-state index contributed by atoms with van der Waals surface area (Å²) < 4.78 is 25.8. The average Bonchev–Trinajstić information content (AvgIpc) is 2.32. The van der Waals surface area contributed by atoms with Crippen LogP contribution in [0, 0.1) is 0 Å². The van der Waals surface area contributed by atoms with Gasteiger partial charge in [0.15, 0.2) is 0 Å². The van der Waals surface area contributed by atoms with Gasteiger partial charge in [-0.05, 0) is 12.1 Å². The smallest absolute Gasteiger partial charge is 0.271 e. The maximum Gasteiger partial charge on any atom is 0.271 e. The molecule has 62 valence electrons. The van der Waals surface area contributed by atoms with E-state index in [2.05, 4.69) is 4.42 Å². The standard InChI is InChI=1S/C5H7NO4S/c6-11(8,9)5-2-1-4(3-7)10-5/h1-2,7H,3H2,(H2,6,8,9). The van der Waals surface area contributed by atoms with Gasteiger partial charge in [0.25, 0.3) is 10.0 Å². The lowest BCUT2D eigenvalue weighted by atomic mass is 10.5. The van der Waals surface area contributed by atoms with Crippen molar-refractivity contribution in [3.8, 4) is 0 Å². The molecule has 0 unspecified atom stereocenters. The molecule has 1 heterocycles. The van der Waals surface area contributed by atoms with Crippen molar-refractivity contribution in [1.82, 2.24) is 0 Å². The Morgan fingerprint density at radius 3 is 2.45 bits per heavy atom. The van der Waals surface area contributed by atoms with Gasteiger partial charge in [0, 0.05) is 0 Å². The molecule has 0 aliphatic rings. The summed E-state index contributed by atoms with van der Waals surface area (Å²) in [7, 11) is -3.77. The van der Waals surface area contributed by atoms with E-state index < -0.39 is 10.0 Å². The minimum Gasteiger partial charge on any atom is -0.446 e. The van der Waals surface area contributed by atoms with Crippen molar-refractivity contribution in [3.05, 3.63) is 17.9 Å². The lowest BCUT2D eigenvalue weighted by molar-refractivity contribution is 0.236. The Kier molecular flexibility index (Phi) is 1.99. The van der Waals surface area contributed by atoms with Crippen LogP contribution in [0.5, 0.6) is 0 Å². The summed E-state index contributed by atoms with van der Waals surface area (Å²) in [5.74, 6) is 0.175. The topological polar surface area (TPSA) is 93.5 Å². The fourth-order valence-corrected chi connectivity index (χ4v) is 1.08. The van der Waals surface area contributed by atoms with E-state index in [4.69, 9.17) is 10.2 Å². The molecular formula is C5H7NO4S.